The van der Waals surface area contributed by atoms with E-state index in [1.807, 2.05) is 6.92 Å². The fourth-order valence-electron chi connectivity index (χ4n) is 3.48. The number of hydrogen-bond donors (Lipinski definition) is 2. The Balaban J connectivity index is 0.00000192. The van der Waals surface area contributed by atoms with Crippen LogP contribution in [0.3, 0.4) is 0 Å². The van der Waals surface area contributed by atoms with Crippen LogP contribution in [0.4, 0.5) is 5.82 Å². The minimum absolute atomic E-state index is 0. The number of carbonyl (C=O) groups excluding carboxylic acids is 1. The van der Waals surface area contributed by atoms with Gasteiger partial charge in [0.1, 0.15) is 5.76 Å². The Morgan fingerprint density at radius 2 is 2.22 bits per heavy atom. The van der Waals surface area contributed by atoms with Gasteiger partial charge >= 0.3 is 0 Å². The lowest BCUT2D eigenvalue weighted by Gasteiger charge is -2.34. The van der Waals surface area contributed by atoms with Crippen LogP contribution < -0.4 is 10.6 Å². The second-order valence-electron chi connectivity index (χ2n) is 6.60. The molecule has 0 radical (unpaired) electrons. The molecule has 2 fully saturated rings. The van der Waals surface area contributed by atoms with Crippen LogP contribution in [-0.4, -0.2) is 48.7 Å². The predicted molar refractivity (Wildman–Crippen MR) is 91.9 cm³/mol. The number of aromatic nitrogens is 1. The molecule has 3 rings (SSSR count). The number of likely N-dealkylation sites (tertiary alicyclic amines) is 1. The van der Waals surface area contributed by atoms with Gasteiger partial charge in [0.15, 0.2) is 5.82 Å². The normalized spacial score (nSPS) is 23.3. The first-order valence-electron chi connectivity index (χ1n) is 8.38. The van der Waals surface area contributed by atoms with Crippen LogP contribution in [0.1, 0.15) is 31.4 Å². The number of nitrogens with zero attached hydrogens (tertiary/aromatic N) is 2. The van der Waals surface area contributed by atoms with Gasteiger partial charge in [-0.2, -0.15) is 0 Å². The fraction of sp³-hybridized carbons (Fsp3) is 0.750. The molecule has 0 bridgehead atoms. The molecule has 6 nitrogen and oxygen atoms in total. The third-order valence-corrected chi connectivity index (χ3v) is 4.75. The maximum Gasteiger partial charge on any atom is 0.228 e. The zero-order chi connectivity index (χ0) is 15.4. The summed E-state index contributed by atoms with van der Waals surface area (Å²) >= 11 is 0. The summed E-state index contributed by atoms with van der Waals surface area (Å²) in [6, 6.07) is 1.75. The number of halogens is 1. The summed E-state index contributed by atoms with van der Waals surface area (Å²) in [6.45, 7) is 7.34. The van der Waals surface area contributed by atoms with Crippen molar-refractivity contribution < 1.29 is 9.32 Å². The highest BCUT2D eigenvalue weighted by Crippen LogP contribution is 2.21. The third kappa shape index (κ3) is 5.19. The number of rotatable bonds is 4. The Kier molecular flexibility index (Phi) is 6.87. The number of nitrogens with one attached hydrogen (secondary N) is 2. The van der Waals surface area contributed by atoms with E-state index in [2.05, 4.69) is 20.7 Å². The topological polar surface area (TPSA) is 70.4 Å². The van der Waals surface area contributed by atoms with E-state index in [1.165, 1.54) is 25.9 Å². The van der Waals surface area contributed by atoms with Gasteiger partial charge < -0.3 is 20.1 Å². The SMILES string of the molecule is Cc1cc(NC(=O)C2CCN(CC3CCCNC3)CC2)no1.Cl. The second-order valence-corrected chi connectivity index (χ2v) is 6.60. The van der Waals surface area contributed by atoms with Gasteiger partial charge in [0.25, 0.3) is 0 Å². The molecule has 1 unspecified atom stereocenters. The number of hydrogen-bond acceptors (Lipinski definition) is 5. The van der Waals surface area contributed by atoms with E-state index in [1.54, 1.807) is 6.07 Å². The first-order chi connectivity index (χ1) is 10.7. The maximum absolute atomic E-state index is 12.3. The Morgan fingerprint density at radius 1 is 1.43 bits per heavy atom. The molecule has 7 heteroatoms. The zero-order valence-electron chi connectivity index (χ0n) is 13.7. The molecule has 2 saturated heterocycles. The third-order valence-electron chi connectivity index (χ3n) is 4.75. The van der Waals surface area contributed by atoms with E-state index >= 15 is 0 Å². The summed E-state index contributed by atoms with van der Waals surface area (Å²) in [5.74, 6) is 2.19. The summed E-state index contributed by atoms with van der Waals surface area (Å²) in [5, 5.41) is 10.1. The highest BCUT2D eigenvalue weighted by molar-refractivity contribution is 5.91. The van der Waals surface area contributed by atoms with E-state index in [9.17, 15) is 4.79 Å². The second kappa shape index (κ2) is 8.66. The highest BCUT2D eigenvalue weighted by atomic mass is 35.5. The predicted octanol–water partition coefficient (Wildman–Crippen LogP) is 2.05. The van der Waals surface area contributed by atoms with Gasteiger partial charge in [0.05, 0.1) is 0 Å². The van der Waals surface area contributed by atoms with Gasteiger partial charge in [-0.3, -0.25) is 4.79 Å². The summed E-state index contributed by atoms with van der Waals surface area (Å²) in [4.78, 5) is 14.8. The van der Waals surface area contributed by atoms with Crippen LogP contribution in [0.5, 0.6) is 0 Å². The van der Waals surface area contributed by atoms with Crippen molar-refractivity contribution >= 4 is 24.1 Å². The minimum atomic E-state index is 0. The van der Waals surface area contributed by atoms with Crippen molar-refractivity contribution in [2.75, 3.05) is 38.0 Å². The van der Waals surface area contributed by atoms with Crippen molar-refractivity contribution in [3.63, 3.8) is 0 Å². The summed E-state index contributed by atoms with van der Waals surface area (Å²) in [5.41, 5.74) is 0. The van der Waals surface area contributed by atoms with E-state index in [0.29, 0.717) is 11.6 Å². The molecule has 0 aliphatic carbocycles. The minimum Gasteiger partial charge on any atom is -0.360 e. The molecule has 0 aromatic carbocycles. The Bertz CT molecular complexity index is 494. The van der Waals surface area contributed by atoms with Gasteiger partial charge in [-0.15, -0.1) is 12.4 Å². The van der Waals surface area contributed by atoms with Gasteiger partial charge in [0, 0.05) is 18.5 Å². The molecule has 3 heterocycles. The lowest BCUT2D eigenvalue weighted by molar-refractivity contribution is -0.121. The number of aryl methyl sites for hydroxylation is 1. The lowest BCUT2D eigenvalue weighted by Crippen LogP contribution is -2.43. The van der Waals surface area contributed by atoms with Crippen LogP contribution in [0.25, 0.3) is 0 Å². The zero-order valence-corrected chi connectivity index (χ0v) is 14.5. The summed E-state index contributed by atoms with van der Waals surface area (Å²) < 4.78 is 4.98. The van der Waals surface area contributed by atoms with Crippen LogP contribution in [0.15, 0.2) is 10.6 Å². The molecule has 1 amide bonds. The average Bonchev–Trinajstić information content (AvgIpc) is 2.94. The van der Waals surface area contributed by atoms with Gasteiger partial charge in [0.2, 0.25) is 5.91 Å². The van der Waals surface area contributed by atoms with Crippen molar-refractivity contribution in [3.8, 4) is 0 Å². The Labute approximate surface area is 143 Å². The molecule has 2 N–H and O–H groups in total. The van der Waals surface area contributed by atoms with Crippen LogP contribution in [-0.2, 0) is 4.79 Å². The van der Waals surface area contributed by atoms with Gasteiger partial charge in [-0.1, -0.05) is 5.16 Å². The molecule has 0 saturated carbocycles. The standard InChI is InChI=1S/C16H26N4O2.ClH/c1-12-9-15(19-22-12)18-16(21)14-4-7-20(8-5-14)11-13-3-2-6-17-10-13;/h9,13-14,17H,2-8,10-11H2,1H3,(H,18,19,21);1H. The fourth-order valence-corrected chi connectivity index (χ4v) is 3.48. The molecule has 1 atom stereocenters. The summed E-state index contributed by atoms with van der Waals surface area (Å²) in [7, 11) is 0. The molecular weight excluding hydrogens is 316 g/mol. The lowest BCUT2D eigenvalue weighted by atomic mass is 9.93. The van der Waals surface area contributed by atoms with Crippen LogP contribution in [0.2, 0.25) is 0 Å². The van der Waals surface area contributed by atoms with Gasteiger partial charge in [-0.05, 0) is 64.7 Å². The highest BCUT2D eigenvalue weighted by Gasteiger charge is 2.27. The largest absolute Gasteiger partial charge is 0.360 e. The maximum atomic E-state index is 12.3. The number of amides is 1. The number of anilines is 1. The smallest absolute Gasteiger partial charge is 0.228 e. The van der Waals surface area contributed by atoms with E-state index in [4.69, 9.17) is 4.52 Å². The quantitative estimate of drug-likeness (QED) is 0.876. The summed E-state index contributed by atoms with van der Waals surface area (Å²) in [6.07, 6.45) is 4.49. The monoisotopic (exact) mass is 342 g/mol. The van der Waals surface area contributed by atoms with E-state index in [0.717, 1.165) is 38.4 Å². The first-order valence-corrected chi connectivity index (χ1v) is 8.38. The Hall–Kier alpha value is -1.11. The number of carbonyl (C=O) groups is 1. The molecule has 2 aliphatic heterocycles. The molecule has 1 aromatic heterocycles. The molecular formula is C16H27ClN4O2. The molecule has 23 heavy (non-hydrogen) atoms. The van der Waals surface area contributed by atoms with Crippen molar-refractivity contribution in [2.24, 2.45) is 11.8 Å². The van der Waals surface area contributed by atoms with Crippen LogP contribution in [0, 0.1) is 18.8 Å². The van der Waals surface area contributed by atoms with Crippen molar-refractivity contribution in [1.82, 2.24) is 15.4 Å². The average molecular weight is 343 g/mol. The Morgan fingerprint density at radius 3 is 2.83 bits per heavy atom. The van der Waals surface area contributed by atoms with Gasteiger partial charge in [-0.25, -0.2) is 0 Å². The van der Waals surface area contributed by atoms with Crippen LogP contribution >= 0.6 is 12.4 Å². The van der Waals surface area contributed by atoms with Crippen molar-refractivity contribution in [3.05, 3.63) is 11.8 Å². The van der Waals surface area contributed by atoms with E-state index in [-0.39, 0.29) is 24.2 Å². The van der Waals surface area contributed by atoms with Crippen molar-refractivity contribution in [1.29, 1.82) is 0 Å². The van der Waals surface area contributed by atoms with E-state index < -0.39 is 0 Å². The molecule has 2 aliphatic rings. The number of piperidine rings is 2. The molecule has 130 valence electrons. The first kappa shape index (κ1) is 18.2. The molecule has 1 aromatic rings. The molecule has 0 spiro atoms. The van der Waals surface area contributed by atoms with Crippen molar-refractivity contribution in [2.45, 2.75) is 32.6 Å².